The number of fused-ring (bicyclic) bond motifs is 1. The van der Waals surface area contributed by atoms with Crippen LogP contribution in [0, 0.1) is 5.92 Å². The van der Waals surface area contributed by atoms with E-state index in [-0.39, 0.29) is 17.7 Å². The average molecular weight is 468 g/mol. The number of nitrogens with one attached hydrogen (secondary N) is 1. The molecule has 0 aromatic heterocycles. The van der Waals surface area contributed by atoms with Crippen LogP contribution in [0.5, 0.6) is 0 Å². The molecule has 180 valence electrons. The fourth-order valence-corrected chi connectivity index (χ4v) is 5.32. The Labute approximate surface area is 207 Å². The Morgan fingerprint density at radius 1 is 0.971 bits per heavy atom. The third-order valence-electron chi connectivity index (χ3n) is 7.28. The number of nitrogens with zero attached hydrogens (tertiary/aromatic N) is 2. The highest BCUT2D eigenvalue weighted by Crippen LogP contribution is 2.32. The molecule has 3 aromatic rings. The molecule has 0 aliphatic carbocycles. The van der Waals surface area contributed by atoms with Crippen molar-refractivity contribution in [1.29, 1.82) is 0 Å². The Kier molecular flexibility index (Phi) is 6.69. The molecule has 1 fully saturated rings. The van der Waals surface area contributed by atoms with E-state index in [1.165, 1.54) is 36.0 Å². The van der Waals surface area contributed by atoms with Gasteiger partial charge < -0.3 is 10.2 Å². The highest BCUT2D eigenvalue weighted by atomic mass is 16.2. The Balaban J connectivity index is 1.41. The average Bonchev–Trinajstić information content (AvgIpc) is 2.89. The molecular weight excluding hydrogens is 434 g/mol. The molecule has 2 aliphatic heterocycles. The second-order valence-electron chi connectivity index (χ2n) is 9.87. The number of likely N-dealkylation sites (tertiary alicyclic amines) is 1. The van der Waals surface area contributed by atoms with Gasteiger partial charge in [0, 0.05) is 36.4 Å². The van der Waals surface area contributed by atoms with E-state index in [9.17, 15) is 9.59 Å². The molecule has 2 amide bonds. The number of carbonyl (C=O) groups excluding carboxylic acids is 2. The molecule has 0 radical (unpaired) electrons. The van der Waals surface area contributed by atoms with Crippen molar-refractivity contribution in [2.45, 2.75) is 39.2 Å². The van der Waals surface area contributed by atoms with Crippen LogP contribution in [0.3, 0.4) is 0 Å². The summed E-state index contributed by atoms with van der Waals surface area (Å²) in [6.07, 6.45) is 4.49. The van der Waals surface area contributed by atoms with Crippen molar-refractivity contribution < 1.29 is 9.59 Å². The summed E-state index contributed by atoms with van der Waals surface area (Å²) >= 11 is 0. The van der Waals surface area contributed by atoms with Gasteiger partial charge in [0.15, 0.2) is 0 Å². The van der Waals surface area contributed by atoms with Crippen molar-refractivity contribution in [2.24, 2.45) is 5.92 Å². The number of amides is 2. The van der Waals surface area contributed by atoms with Crippen LogP contribution < -0.4 is 10.2 Å². The van der Waals surface area contributed by atoms with Gasteiger partial charge in [0.2, 0.25) is 5.91 Å². The summed E-state index contributed by atoms with van der Waals surface area (Å²) in [4.78, 5) is 29.9. The van der Waals surface area contributed by atoms with E-state index in [0.29, 0.717) is 11.3 Å². The molecule has 3 aromatic carbocycles. The van der Waals surface area contributed by atoms with Crippen LogP contribution >= 0.6 is 0 Å². The van der Waals surface area contributed by atoms with Gasteiger partial charge in [-0.3, -0.25) is 14.5 Å². The second-order valence-corrected chi connectivity index (χ2v) is 9.87. The molecule has 1 atom stereocenters. The molecular formula is C30H33N3O2. The predicted molar refractivity (Wildman–Crippen MR) is 142 cm³/mol. The topological polar surface area (TPSA) is 52.7 Å². The lowest BCUT2D eigenvalue weighted by Crippen LogP contribution is -2.37. The van der Waals surface area contributed by atoms with Gasteiger partial charge in [-0.05, 0) is 78.9 Å². The minimum atomic E-state index is -0.136. The maximum Gasteiger partial charge on any atom is 0.255 e. The first-order valence-corrected chi connectivity index (χ1v) is 12.6. The molecule has 0 bridgehead atoms. The van der Waals surface area contributed by atoms with E-state index in [4.69, 9.17) is 0 Å². The Hall–Kier alpha value is -3.44. The Morgan fingerprint density at radius 3 is 2.51 bits per heavy atom. The molecule has 1 N–H and O–H groups in total. The molecule has 0 saturated carbocycles. The standard InChI is InChI=1S/C30H33N3O2/c1-21-17-23-11-13-26(19-28(23)32(2)30(21)35)31-29(34)24-12-14-27(22-9-5-3-6-10-22)25(18-24)20-33-15-7-4-8-16-33/h3,5-6,9-14,18-19,21H,4,7-8,15-17,20H2,1-2H3,(H,31,34). The van der Waals surface area contributed by atoms with E-state index >= 15 is 0 Å². The smallest absolute Gasteiger partial charge is 0.255 e. The normalized spacial score (nSPS) is 18.3. The maximum atomic E-state index is 13.3. The molecule has 35 heavy (non-hydrogen) atoms. The van der Waals surface area contributed by atoms with Gasteiger partial charge in [-0.2, -0.15) is 0 Å². The van der Waals surface area contributed by atoms with Gasteiger partial charge in [0.25, 0.3) is 5.91 Å². The van der Waals surface area contributed by atoms with Crippen molar-refractivity contribution in [3.8, 4) is 11.1 Å². The number of benzene rings is 3. The maximum absolute atomic E-state index is 13.3. The van der Waals surface area contributed by atoms with Gasteiger partial charge in [-0.1, -0.05) is 55.8 Å². The molecule has 1 saturated heterocycles. The number of rotatable bonds is 5. The number of piperidine rings is 1. The summed E-state index contributed by atoms with van der Waals surface area (Å²) in [7, 11) is 1.80. The molecule has 0 spiro atoms. The summed E-state index contributed by atoms with van der Waals surface area (Å²) in [5.74, 6) is -0.0446. The zero-order valence-corrected chi connectivity index (χ0v) is 20.6. The van der Waals surface area contributed by atoms with Crippen molar-refractivity contribution in [3.63, 3.8) is 0 Å². The van der Waals surface area contributed by atoms with Crippen LogP contribution in [-0.4, -0.2) is 36.9 Å². The van der Waals surface area contributed by atoms with Crippen LogP contribution in [0.1, 0.15) is 47.7 Å². The van der Waals surface area contributed by atoms with E-state index < -0.39 is 0 Å². The Morgan fingerprint density at radius 2 is 1.74 bits per heavy atom. The molecule has 5 nitrogen and oxygen atoms in total. The summed E-state index contributed by atoms with van der Waals surface area (Å²) < 4.78 is 0. The quantitative estimate of drug-likeness (QED) is 0.520. The molecule has 5 heteroatoms. The first-order chi connectivity index (χ1) is 17.0. The summed E-state index contributed by atoms with van der Waals surface area (Å²) in [6.45, 7) is 5.00. The lowest BCUT2D eigenvalue weighted by atomic mass is 9.93. The van der Waals surface area contributed by atoms with Crippen molar-refractivity contribution >= 4 is 23.2 Å². The minimum Gasteiger partial charge on any atom is -0.322 e. The predicted octanol–water partition coefficient (Wildman–Crippen LogP) is 5.75. The Bertz CT molecular complexity index is 1230. The summed E-state index contributed by atoms with van der Waals surface area (Å²) in [5, 5.41) is 3.05. The molecule has 5 rings (SSSR count). The van der Waals surface area contributed by atoms with Gasteiger partial charge in [-0.25, -0.2) is 0 Å². The molecule has 2 aliphatic rings. The second kappa shape index (κ2) is 10.0. The van der Waals surface area contributed by atoms with Gasteiger partial charge in [-0.15, -0.1) is 0 Å². The van der Waals surface area contributed by atoms with Crippen LogP contribution in [0.4, 0.5) is 11.4 Å². The first-order valence-electron chi connectivity index (χ1n) is 12.6. The zero-order chi connectivity index (χ0) is 24.4. The van der Waals surface area contributed by atoms with Crippen LogP contribution in [-0.2, 0) is 17.8 Å². The SMILES string of the molecule is CC1Cc2ccc(NC(=O)c3ccc(-c4ccccc4)c(CN4CCCCC4)c3)cc2N(C)C1=O. The fraction of sp³-hybridized carbons (Fsp3) is 0.333. The van der Waals surface area contributed by atoms with E-state index in [0.717, 1.165) is 37.3 Å². The highest BCUT2D eigenvalue weighted by Gasteiger charge is 2.27. The van der Waals surface area contributed by atoms with Gasteiger partial charge >= 0.3 is 0 Å². The molecule has 1 unspecified atom stereocenters. The monoisotopic (exact) mass is 467 g/mol. The molecule has 2 heterocycles. The lowest BCUT2D eigenvalue weighted by molar-refractivity contribution is -0.121. The number of anilines is 2. The largest absolute Gasteiger partial charge is 0.322 e. The van der Waals surface area contributed by atoms with Crippen molar-refractivity contribution in [1.82, 2.24) is 4.90 Å². The van der Waals surface area contributed by atoms with E-state index in [2.05, 4.69) is 40.5 Å². The highest BCUT2D eigenvalue weighted by molar-refractivity contribution is 6.05. The van der Waals surface area contributed by atoms with E-state index in [1.807, 2.05) is 43.3 Å². The minimum absolute atomic E-state index is 0.0191. The summed E-state index contributed by atoms with van der Waals surface area (Å²) in [6, 6.07) is 22.3. The lowest BCUT2D eigenvalue weighted by Gasteiger charge is -2.30. The van der Waals surface area contributed by atoms with Gasteiger partial charge in [0.05, 0.1) is 0 Å². The van der Waals surface area contributed by atoms with Crippen molar-refractivity contribution in [2.75, 3.05) is 30.4 Å². The van der Waals surface area contributed by atoms with Crippen LogP contribution in [0.2, 0.25) is 0 Å². The number of carbonyl (C=O) groups is 2. The number of hydrogen-bond donors (Lipinski definition) is 1. The summed E-state index contributed by atoms with van der Waals surface area (Å²) in [5.41, 5.74) is 6.87. The first kappa shape index (κ1) is 23.3. The van der Waals surface area contributed by atoms with Crippen LogP contribution in [0.25, 0.3) is 11.1 Å². The fourth-order valence-electron chi connectivity index (χ4n) is 5.32. The van der Waals surface area contributed by atoms with Crippen LogP contribution in [0.15, 0.2) is 66.7 Å². The van der Waals surface area contributed by atoms with Crippen molar-refractivity contribution in [3.05, 3.63) is 83.4 Å². The number of hydrogen-bond acceptors (Lipinski definition) is 3. The van der Waals surface area contributed by atoms with E-state index in [1.54, 1.807) is 11.9 Å². The third kappa shape index (κ3) is 5.01. The third-order valence-corrected chi connectivity index (χ3v) is 7.28. The zero-order valence-electron chi connectivity index (χ0n) is 20.6. The van der Waals surface area contributed by atoms with Gasteiger partial charge in [0.1, 0.15) is 0 Å².